The Morgan fingerprint density at radius 3 is 2.80 bits per heavy atom. The summed E-state index contributed by atoms with van der Waals surface area (Å²) < 4.78 is 0. The summed E-state index contributed by atoms with van der Waals surface area (Å²) in [6.07, 6.45) is 6.35. The van der Waals surface area contributed by atoms with Crippen LogP contribution in [0.1, 0.15) is 36.7 Å². The number of nitrogens with one attached hydrogen (secondary N) is 1. The Balaban J connectivity index is 2.56. The molecule has 0 unspecified atom stereocenters. The molecule has 82 valence electrons. The van der Waals surface area contributed by atoms with Gasteiger partial charge in [0.1, 0.15) is 0 Å². The standard InChI is InChI=1S/C10H16N4O/c1-2-3-4-5-13-10-8(9(11)15)12-6-7-14-10/h6-7H,2-5H2,1H3,(H2,11,15)(H,13,14). The fourth-order valence-corrected chi connectivity index (χ4v) is 1.23. The molecule has 3 N–H and O–H groups in total. The number of hydrogen-bond acceptors (Lipinski definition) is 4. The van der Waals surface area contributed by atoms with Crippen LogP contribution in [0.5, 0.6) is 0 Å². The largest absolute Gasteiger partial charge is 0.368 e. The molecule has 15 heavy (non-hydrogen) atoms. The number of nitrogens with two attached hydrogens (primary N) is 1. The first-order valence-electron chi connectivity index (χ1n) is 5.10. The second kappa shape index (κ2) is 5.95. The van der Waals surface area contributed by atoms with Gasteiger partial charge in [0.15, 0.2) is 11.5 Å². The number of anilines is 1. The van der Waals surface area contributed by atoms with Gasteiger partial charge < -0.3 is 11.1 Å². The van der Waals surface area contributed by atoms with Crippen molar-refractivity contribution in [1.82, 2.24) is 9.97 Å². The first-order chi connectivity index (χ1) is 7.25. The lowest BCUT2D eigenvalue weighted by molar-refractivity contribution is 0.0996. The monoisotopic (exact) mass is 208 g/mol. The van der Waals surface area contributed by atoms with Crippen LogP contribution in [0.25, 0.3) is 0 Å². The van der Waals surface area contributed by atoms with Crippen LogP contribution in [-0.2, 0) is 0 Å². The summed E-state index contributed by atoms with van der Waals surface area (Å²) in [6.45, 7) is 2.92. The van der Waals surface area contributed by atoms with E-state index >= 15 is 0 Å². The summed E-state index contributed by atoms with van der Waals surface area (Å²) in [7, 11) is 0. The summed E-state index contributed by atoms with van der Waals surface area (Å²) in [5.74, 6) is -0.0813. The van der Waals surface area contributed by atoms with E-state index in [1.807, 2.05) is 0 Å². The number of aromatic nitrogens is 2. The molecule has 0 aliphatic heterocycles. The van der Waals surface area contributed by atoms with E-state index in [0.717, 1.165) is 25.8 Å². The molecule has 0 aliphatic carbocycles. The lowest BCUT2D eigenvalue weighted by Gasteiger charge is -2.06. The third-order valence-electron chi connectivity index (χ3n) is 2.00. The molecule has 0 saturated heterocycles. The van der Waals surface area contributed by atoms with E-state index in [1.54, 1.807) is 0 Å². The smallest absolute Gasteiger partial charge is 0.271 e. The molecular weight excluding hydrogens is 192 g/mol. The van der Waals surface area contributed by atoms with E-state index in [4.69, 9.17) is 5.73 Å². The number of primary amides is 1. The predicted molar refractivity (Wildman–Crippen MR) is 58.6 cm³/mol. The maximum absolute atomic E-state index is 11.0. The quantitative estimate of drug-likeness (QED) is 0.688. The van der Waals surface area contributed by atoms with Crippen molar-refractivity contribution in [2.45, 2.75) is 26.2 Å². The average molecular weight is 208 g/mol. The molecule has 1 rings (SSSR count). The van der Waals surface area contributed by atoms with Crippen LogP contribution in [0.3, 0.4) is 0 Å². The van der Waals surface area contributed by atoms with Gasteiger partial charge in [-0.1, -0.05) is 19.8 Å². The predicted octanol–water partition coefficient (Wildman–Crippen LogP) is 1.18. The third kappa shape index (κ3) is 3.53. The molecule has 1 aromatic rings. The first-order valence-corrected chi connectivity index (χ1v) is 5.10. The van der Waals surface area contributed by atoms with E-state index < -0.39 is 5.91 Å². The fourth-order valence-electron chi connectivity index (χ4n) is 1.23. The summed E-state index contributed by atoms with van der Waals surface area (Å²) in [4.78, 5) is 18.9. The summed E-state index contributed by atoms with van der Waals surface area (Å²) in [5, 5.41) is 3.05. The van der Waals surface area contributed by atoms with Crippen molar-refractivity contribution < 1.29 is 4.79 Å². The lowest BCUT2D eigenvalue weighted by Crippen LogP contribution is -2.17. The van der Waals surface area contributed by atoms with Gasteiger partial charge in [-0.05, 0) is 6.42 Å². The Bertz CT molecular complexity index is 327. The van der Waals surface area contributed by atoms with Crippen LogP contribution in [0, 0.1) is 0 Å². The summed E-state index contributed by atoms with van der Waals surface area (Å²) in [6, 6.07) is 0. The number of rotatable bonds is 6. The minimum absolute atomic E-state index is 0.203. The Labute approximate surface area is 89.1 Å². The van der Waals surface area contributed by atoms with Crippen LogP contribution in [0.2, 0.25) is 0 Å². The van der Waals surface area contributed by atoms with E-state index in [9.17, 15) is 4.79 Å². The van der Waals surface area contributed by atoms with Gasteiger partial charge in [0.05, 0.1) is 0 Å². The number of carbonyl (C=O) groups is 1. The number of hydrogen-bond donors (Lipinski definition) is 2. The highest BCUT2D eigenvalue weighted by atomic mass is 16.1. The van der Waals surface area contributed by atoms with E-state index in [2.05, 4.69) is 22.2 Å². The second-order valence-electron chi connectivity index (χ2n) is 3.25. The highest BCUT2D eigenvalue weighted by Gasteiger charge is 2.09. The van der Waals surface area contributed by atoms with Crippen molar-refractivity contribution in [3.8, 4) is 0 Å². The fraction of sp³-hybridized carbons (Fsp3) is 0.500. The molecule has 1 aromatic heterocycles. The Hall–Kier alpha value is -1.65. The number of nitrogens with zero attached hydrogens (tertiary/aromatic N) is 2. The third-order valence-corrected chi connectivity index (χ3v) is 2.00. The van der Waals surface area contributed by atoms with Crippen molar-refractivity contribution in [2.24, 2.45) is 5.73 Å². The topological polar surface area (TPSA) is 80.9 Å². The van der Waals surface area contributed by atoms with Gasteiger partial charge in [0, 0.05) is 18.9 Å². The zero-order valence-electron chi connectivity index (χ0n) is 8.86. The van der Waals surface area contributed by atoms with Gasteiger partial charge in [-0.25, -0.2) is 9.97 Å². The molecule has 1 amide bonds. The molecule has 0 saturated carbocycles. The molecule has 0 bridgehead atoms. The molecular formula is C10H16N4O. The number of carbonyl (C=O) groups excluding carboxylic acids is 1. The van der Waals surface area contributed by atoms with Gasteiger partial charge in [0.25, 0.3) is 5.91 Å². The Morgan fingerprint density at radius 2 is 2.13 bits per heavy atom. The van der Waals surface area contributed by atoms with Crippen molar-refractivity contribution in [1.29, 1.82) is 0 Å². The van der Waals surface area contributed by atoms with Crippen LogP contribution in [-0.4, -0.2) is 22.4 Å². The molecule has 0 aliphatic rings. The summed E-state index contributed by atoms with van der Waals surface area (Å²) in [5.41, 5.74) is 5.37. The molecule has 0 spiro atoms. The number of unbranched alkanes of at least 4 members (excludes halogenated alkanes) is 2. The molecule has 0 radical (unpaired) electrons. The van der Waals surface area contributed by atoms with Gasteiger partial charge in [-0.2, -0.15) is 0 Å². The molecule has 5 heteroatoms. The van der Waals surface area contributed by atoms with Crippen LogP contribution in [0.15, 0.2) is 12.4 Å². The molecule has 5 nitrogen and oxygen atoms in total. The summed E-state index contributed by atoms with van der Waals surface area (Å²) >= 11 is 0. The van der Waals surface area contributed by atoms with Gasteiger partial charge in [-0.15, -0.1) is 0 Å². The normalized spacial score (nSPS) is 9.93. The Kier molecular flexibility index (Phi) is 4.53. The SMILES string of the molecule is CCCCCNc1nccnc1C(N)=O. The minimum atomic E-state index is -0.555. The highest BCUT2D eigenvalue weighted by Crippen LogP contribution is 2.07. The second-order valence-corrected chi connectivity index (χ2v) is 3.25. The van der Waals surface area contributed by atoms with Crippen LogP contribution in [0.4, 0.5) is 5.82 Å². The van der Waals surface area contributed by atoms with Crippen LogP contribution < -0.4 is 11.1 Å². The van der Waals surface area contributed by atoms with Gasteiger partial charge in [0.2, 0.25) is 0 Å². The van der Waals surface area contributed by atoms with E-state index in [-0.39, 0.29) is 5.69 Å². The Morgan fingerprint density at radius 1 is 1.40 bits per heavy atom. The molecule has 0 aromatic carbocycles. The zero-order chi connectivity index (χ0) is 11.1. The van der Waals surface area contributed by atoms with Crippen molar-refractivity contribution in [3.05, 3.63) is 18.1 Å². The van der Waals surface area contributed by atoms with Gasteiger partial charge >= 0.3 is 0 Å². The minimum Gasteiger partial charge on any atom is -0.368 e. The maximum atomic E-state index is 11.0. The van der Waals surface area contributed by atoms with Crippen molar-refractivity contribution in [2.75, 3.05) is 11.9 Å². The lowest BCUT2D eigenvalue weighted by atomic mass is 10.2. The van der Waals surface area contributed by atoms with E-state index in [1.165, 1.54) is 12.4 Å². The number of amides is 1. The average Bonchev–Trinajstić information content (AvgIpc) is 2.25. The van der Waals surface area contributed by atoms with Crippen LogP contribution >= 0.6 is 0 Å². The highest BCUT2D eigenvalue weighted by molar-refractivity contribution is 5.95. The molecule has 1 heterocycles. The van der Waals surface area contributed by atoms with E-state index in [0.29, 0.717) is 5.82 Å². The maximum Gasteiger partial charge on any atom is 0.271 e. The molecule has 0 atom stereocenters. The van der Waals surface area contributed by atoms with Crippen molar-refractivity contribution in [3.63, 3.8) is 0 Å². The van der Waals surface area contributed by atoms with Gasteiger partial charge in [-0.3, -0.25) is 4.79 Å². The first kappa shape index (κ1) is 11.4. The van der Waals surface area contributed by atoms with Crippen molar-refractivity contribution >= 4 is 11.7 Å². The molecule has 0 fully saturated rings. The zero-order valence-corrected chi connectivity index (χ0v) is 8.86.